The lowest BCUT2D eigenvalue weighted by atomic mass is 10.0. The SMILES string of the molecule is Cc1ccc(CN(C(=O)CSCc2ccc(Cl)c(Cl)c2)[C@H](Cc2ccccc2)C(=O)NC2CCCC2)cc1. The van der Waals surface area contributed by atoms with Gasteiger partial charge in [-0.3, -0.25) is 9.59 Å². The fraction of sp³-hybridized carbons (Fsp3) is 0.355. The van der Waals surface area contributed by atoms with E-state index in [-0.39, 0.29) is 23.6 Å². The number of benzene rings is 3. The van der Waals surface area contributed by atoms with E-state index >= 15 is 0 Å². The lowest BCUT2D eigenvalue weighted by Crippen LogP contribution is -2.52. The third-order valence-electron chi connectivity index (χ3n) is 6.92. The van der Waals surface area contributed by atoms with E-state index < -0.39 is 6.04 Å². The van der Waals surface area contributed by atoms with Crippen molar-refractivity contribution in [1.29, 1.82) is 0 Å². The number of rotatable bonds is 11. The summed E-state index contributed by atoms with van der Waals surface area (Å²) in [6, 6.07) is 23.2. The predicted molar refractivity (Wildman–Crippen MR) is 159 cm³/mol. The fourth-order valence-corrected chi connectivity index (χ4v) is 5.96. The Hall–Kier alpha value is -2.47. The molecule has 38 heavy (non-hydrogen) atoms. The average molecular weight is 570 g/mol. The van der Waals surface area contributed by atoms with Crippen molar-refractivity contribution in [3.05, 3.63) is 105 Å². The van der Waals surface area contributed by atoms with Gasteiger partial charge in [-0.15, -0.1) is 11.8 Å². The molecule has 200 valence electrons. The summed E-state index contributed by atoms with van der Waals surface area (Å²) in [7, 11) is 0. The van der Waals surface area contributed by atoms with Crippen LogP contribution in [0.5, 0.6) is 0 Å². The molecular formula is C31H34Cl2N2O2S. The summed E-state index contributed by atoms with van der Waals surface area (Å²) in [5, 5.41) is 4.27. The quantitative estimate of drug-likeness (QED) is 0.265. The summed E-state index contributed by atoms with van der Waals surface area (Å²) in [5.74, 6) is 0.751. The second-order valence-electron chi connectivity index (χ2n) is 9.94. The minimum Gasteiger partial charge on any atom is -0.352 e. The second kappa shape index (κ2) is 14.1. The number of aryl methyl sites for hydroxylation is 1. The number of thioether (sulfide) groups is 1. The van der Waals surface area contributed by atoms with Gasteiger partial charge in [0.15, 0.2) is 0 Å². The monoisotopic (exact) mass is 568 g/mol. The Labute approximate surface area is 240 Å². The Bertz CT molecular complexity index is 1210. The highest BCUT2D eigenvalue weighted by molar-refractivity contribution is 7.99. The maximum atomic E-state index is 13.8. The first-order valence-electron chi connectivity index (χ1n) is 13.1. The lowest BCUT2D eigenvalue weighted by molar-refractivity contribution is -0.139. The van der Waals surface area contributed by atoms with E-state index in [9.17, 15) is 9.59 Å². The van der Waals surface area contributed by atoms with E-state index in [4.69, 9.17) is 23.2 Å². The number of hydrogen-bond donors (Lipinski definition) is 1. The molecule has 0 unspecified atom stereocenters. The number of nitrogens with one attached hydrogen (secondary N) is 1. The van der Waals surface area contributed by atoms with Gasteiger partial charge in [-0.25, -0.2) is 0 Å². The molecule has 4 rings (SSSR count). The topological polar surface area (TPSA) is 49.4 Å². The zero-order valence-corrected chi connectivity index (χ0v) is 24.0. The molecule has 7 heteroatoms. The molecule has 3 aromatic carbocycles. The van der Waals surface area contributed by atoms with Gasteiger partial charge in [0.1, 0.15) is 6.04 Å². The van der Waals surface area contributed by atoms with Crippen molar-refractivity contribution < 1.29 is 9.59 Å². The van der Waals surface area contributed by atoms with Crippen LogP contribution in [0.4, 0.5) is 0 Å². The number of amides is 2. The molecule has 1 aliphatic carbocycles. The third kappa shape index (κ3) is 8.26. The highest BCUT2D eigenvalue weighted by atomic mass is 35.5. The third-order valence-corrected chi connectivity index (χ3v) is 8.65. The van der Waals surface area contributed by atoms with Crippen LogP contribution in [-0.2, 0) is 28.3 Å². The Morgan fingerprint density at radius 1 is 0.921 bits per heavy atom. The molecule has 0 bridgehead atoms. The number of halogens is 2. The van der Waals surface area contributed by atoms with Crippen LogP contribution < -0.4 is 5.32 Å². The van der Waals surface area contributed by atoms with E-state index in [0.29, 0.717) is 28.8 Å². The normalized spacial score (nSPS) is 14.3. The minimum atomic E-state index is -0.600. The Kier molecular flexibility index (Phi) is 10.6. The molecule has 0 aromatic heterocycles. The van der Waals surface area contributed by atoms with Crippen molar-refractivity contribution in [2.45, 2.75) is 63.4 Å². The molecule has 1 saturated carbocycles. The second-order valence-corrected chi connectivity index (χ2v) is 11.7. The van der Waals surface area contributed by atoms with E-state index in [1.165, 1.54) is 11.8 Å². The van der Waals surface area contributed by atoms with Gasteiger partial charge in [0, 0.05) is 24.8 Å². The van der Waals surface area contributed by atoms with Crippen molar-refractivity contribution in [2.24, 2.45) is 0 Å². The van der Waals surface area contributed by atoms with Crippen LogP contribution in [-0.4, -0.2) is 34.6 Å². The molecule has 2 amide bonds. The smallest absolute Gasteiger partial charge is 0.243 e. The summed E-state index contributed by atoms with van der Waals surface area (Å²) in [6.45, 7) is 2.42. The summed E-state index contributed by atoms with van der Waals surface area (Å²) in [4.78, 5) is 29.3. The van der Waals surface area contributed by atoms with Crippen LogP contribution in [0.3, 0.4) is 0 Å². The molecule has 0 saturated heterocycles. The molecule has 0 aliphatic heterocycles. The summed E-state index contributed by atoms with van der Waals surface area (Å²) < 4.78 is 0. The molecule has 3 aromatic rings. The predicted octanol–water partition coefficient (Wildman–Crippen LogP) is 7.23. The van der Waals surface area contributed by atoms with E-state index in [0.717, 1.165) is 47.9 Å². The first-order chi connectivity index (χ1) is 18.4. The first-order valence-corrected chi connectivity index (χ1v) is 15.0. The van der Waals surface area contributed by atoms with E-state index in [2.05, 4.69) is 5.32 Å². The molecule has 1 fully saturated rings. The van der Waals surface area contributed by atoms with Crippen molar-refractivity contribution in [2.75, 3.05) is 5.75 Å². The van der Waals surface area contributed by atoms with E-state index in [1.807, 2.05) is 73.7 Å². The van der Waals surface area contributed by atoms with Gasteiger partial charge in [0.05, 0.1) is 15.8 Å². The van der Waals surface area contributed by atoms with Gasteiger partial charge in [-0.1, -0.05) is 102 Å². The average Bonchev–Trinajstić information content (AvgIpc) is 3.43. The standard InChI is InChI=1S/C31H34Cl2N2O2S/c1-22-11-13-24(14-12-22)19-35(30(36)21-38-20-25-15-16-27(32)28(33)17-25)29(18-23-7-3-2-4-8-23)31(37)34-26-9-5-6-10-26/h2-4,7-8,11-17,26,29H,5-6,9-10,18-21H2,1H3,(H,34,37)/t29-/m1/s1. The van der Waals surface area contributed by atoms with Gasteiger partial charge in [0.25, 0.3) is 0 Å². The van der Waals surface area contributed by atoms with Gasteiger partial charge in [-0.05, 0) is 48.6 Å². The van der Waals surface area contributed by atoms with Gasteiger partial charge >= 0.3 is 0 Å². The zero-order valence-electron chi connectivity index (χ0n) is 21.7. The van der Waals surface area contributed by atoms with Crippen LogP contribution in [0.25, 0.3) is 0 Å². The Balaban J connectivity index is 1.55. The van der Waals surface area contributed by atoms with Crippen LogP contribution in [0, 0.1) is 6.92 Å². The van der Waals surface area contributed by atoms with Crippen LogP contribution >= 0.6 is 35.0 Å². The minimum absolute atomic E-state index is 0.0573. The lowest BCUT2D eigenvalue weighted by Gasteiger charge is -2.32. The molecule has 4 nitrogen and oxygen atoms in total. The Morgan fingerprint density at radius 2 is 1.61 bits per heavy atom. The molecule has 0 spiro atoms. The van der Waals surface area contributed by atoms with Gasteiger partial charge in [-0.2, -0.15) is 0 Å². The number of carbonyl (C=O) groups is 2. The highest BCUT2D eigenvalue weighted by Crippen LogP contribution is 2.25. The maximum absolute atomic E-state index is 13.8. The Morgan fingerprint density at radius 3 is 2.29 bits per heavy atom. The highest BCUT2D eigenvalue weighted by Gasteiger charge is 2.32. The molecule has 1 atom stereocenters. The van der Waals surface area contributed by atoms with Crippen LogP contribution in [0.1, 0.15) is 47.9 Å². The fourth-order valence-electron chi connectivity index (χ4n) is 4.78. The molecule has 1 N–H and O–H groups in total. The molecule has 1 aliphatic rings. The first kappa shape index (κ1) is 28.5. The summed E-state index contributed by atoms with van der Waals surface area (Å²) in [5.41, 5.74) is 4.19. The molecule has 0 radical (unpaired) electrons. The van der Waals surface area contributed by atoms with Crippen LogP contribution in [0.15, 0.2) is 72.8 Å². The zero-order chi connectivity index (χ0) is 26.9. The van der Waals surface area contributed by atoms with Crippen molar-refractivity contribution >= 4 is 46.8 Å². The van der Waals surface area contributed by atoms with Crippen molar-refractivity contribution in [1.82, 2.24) is 10.2 Å². The van der Waals surface area contributed by atoms with Crippen LogP contribution in [0.2, 0.25) is 10.0 Å². The number of hydrogen-bond acceptors (Lipinski definition) is 3. The largest absolute Gasteiger partial charge is 0.352 e. The number of carbonyl (C=O) groups excluding carboxylic acids is 2. The van der Waals surface area contributed by atoms with Gasteiger partial charge < -0.3 is 10.2 Å². The summed E-state index contributed by atoms with van der Waals surface area (Å²) in [6.07, 6.45) is 4.72. The van der Waals surface area contributed by atoms with Crippen molar-refractivity contribution in [3.8, 4) is 0 Å². The van der Waals surface area contributed by atoms with E-state index in [1.54, 1.807) is 11.0 Å². The molecular weight excluding hydrogens is 535 g/mol. The maximum Gasteiger partial charge on any atom is 0.243 e. The molecule has 0 heterocycles. The van der Waals surface area contributed by atoms with Gasteiger partial charge in [0.2, 0.25) is 11.8 Å². The van der Waals surface area contributed by atoms with Crippen molar-refractivity contribution in [3.63, 3.8) is 0 Å². The summed E-state index contributed by atoms with van der Waals surface area (Å²) >= 11 is 13.7. The number of nitrogens with zero attached hydrogens (tertiary/aromatic N) is 1.